The molecule has 160 valence electrons. The summed E-state index contributed by atoms with van der Waals surface area (Å²) in [7, 11) is 6.03. The van der Waals surface area contributed by atoms with Gasteiger partial charge >= 0.3 is 11.2 Å². The molecule has 4 aromatic rings. The van der Waals surface area contributed by atoms with Crippen LogP contribution in [-0.4, -0.2) is 49.3 Å². The van der Waals surface area contributed by atoms with E-state index in [2.05, 4.69) is 15.1 Å². The molecule has 0 unspecified atom stereocenters. The SMILES string of the molecule is COc1cc(OC)c(C=Nn2c(=O)[nH]c3c([nH]c4ccc(OC)cc43)c2=O)c(OC)c1. The van der Waals surface area contributed by atoms with Crippen molar-refractivity contribution in [3.05, 3.63) is 56.7 Å². The van der Waals surface area contributed by atoms with Gasteiger partial charge in [0.2, 0.25) is 0 Å². The molecule has 0 bridgehead atoms. The minimum Gasteiger partial charge on any atom is -0.497 e. The second kappa shape index (κ2) is 7.90. The smallest absolute Gasteiger partial charge is 0.350 e. The van der Waals surface area contributed by atoms with Crippen molar-refractivity contribution in [3.8, 4) is 23.0 Å². The molecule has 2 aromatic heterocycles. The zero-order valence-corrected chi connectivity index (χ0v) is 17.3. The minimum absolute atomic E-state index is 0.216. The number of fused-ring (bicyclic) bond motifs is 3. The molecular weight excluding hydrogens is 404 g/mol. The van der Waals surface area contributed by atoms with E-state index in [0.29, 0.717) is 45.0 Å². The number of rotatable bonds is 6. The summed E-state index contributed by atoms with van der Waals surface area (Å²) in [5.41, 5.74) is 0.437. The lowest BCUT2D eigenvalue weighted by Gasteiger charge is -2.12. The number of nitrogens with one attached hydrogen (secondary N) is 2. The third-order valence-corrected chi connectivity index (χ3v) is 4.89. The number of nitrogens with zero attached hydrogens (tertiary/aromatic N) is 2. The maximum Gasteiger partial charge on any atom is 0.350 e. The molecule has 0 saturated carbocycles. The Kier molecular flexibility index (Phi) is 5.12. The summed E-state index contributed by atoms with van der Waals surface area (Å²) in [6, 6.07) is 8.56. The van der Waals surface area contributed by atoms with Crippen LogP contribution in [0, 0.1) is 0 Å². The van der Waals surface area contributed by atoms with Gasteiger partial charge in [0.25, 0.3) is 0 Å². The number of methoxy groups -OCH3 is 4. The number of aromatic nitrogens is 3. The second-order valence-corrected chi connectivity index (χ2v) is 6.52. The lowest BCUT2D eigenvalue weighted by atomic mass is 10.2. The fraction of sp³-hybridized carbons (Fsp3) is 0.190. The molecule has 0 saturated heterocycles. The molecule has 0 aliphatic heterocycles. The third kappa shape index (κ3) is 3.37. The Labute approximate surface area is 175 Å². The zero-order chi connectivity index (χ0) is 22.1. The first kappa shape index (κ1) is 20.1. The van der Waals surface area contributed by atoms with Crippen molar-refractivity contribution in [2.75, 3.05) is 28.4 Å². The third-order valence-electron chi connectivity index (χ3n) is 4.89. The number of benzene rings is 2. The highest BCUT2D eigenvalue weighted by atomic mass is 16.5. The van der Waals surface area contributed by atoms with Gasteiger partial charge in [-0.15, -0.1) is 4.68 Å². The Balaban J connectivity index is 1.88. The van der Waals surface area contributed by atoms with Gasteiger partial charge in [-0.05, 0) is 18.2 Å². The number of H-pyrrole nitrogens is 2. The molecule has 2 heterocycles. The first-order valence-electron chi connectivity index (χ1n) is 9.19. The summed E-state index contributed by atoms with van der Waals surface area (Å²) < 4.78 is 21.9. The van der Waals surface area contributed by atoms with Crippen LogP contribution in [0.5, 0.6) is 23.0 Å². The van der Waals surface area contributed by atoms with Gasteiger partial charge in [0, 0.05) is 23.0 Å². The van der Waals surface area contributed by atoms with Gasteiger partial charge in [0.1, 0.15) is 28.5 Å². The summed E-state index contributed by atoms with van der Waals surface area (Å²) in [4.78, 5) is 31.4. The van der Waals surface area contributed by atoms with Crippen molar-refractivity contribution >= 4 is 28.2 Å². The first-order valence-corrected chi connectivity index (χ1v) is 9.19. The van der Waals surface area contributed by atoms with Crippen LogP contribution in [0.25, 0.3) is 21.9 Å². The molecule has 31 heavy (non-hydrogen) atoms. The quantitative estimate of drug-likeness (QED) is 0.458. The van der Waals surface area contributed by atoms with Crippen LogP contribution in [0.2, 0.25) is 0 Å². The molecule has 10 heteroatoms. The first-order chi connectivity index (χ1) is 15.0. The Hall–Kier alpha value is -4.21. The maximum atomic E-state index is 13.0. The van der Waals surface area contributed by atoms with Crippen molar-refractivity contribution in [2.24, 2.45) is 5.10 Å². The highest BCUT2D eigenvalue weighted by Crippen LogP contribution is 2.32. The molecule has 0 fully saturated rings. The highest BCUT2D eigenvalue weighted by Gasteiger charge is 2.15. The van der Waals surface area contributed by atoms with E-state index in [9.17, 15) is 9.59 Å². The Morgan fingerprint density at radius 2 is 1.52 bits per heavy atom. The summed E-state index contributed by atoms with van der Waals surface area (Å²) in [6.07, 6.45) is 1.32. The van der Waals surface area contributed by atoms with Crippen LogP contribution in [0.1, 0.15) is 5.56 Å². The summed E-state index contributed by atoms with van der Waals surface area (Å²) in [5.74, 6) is 1.94. The van der Waals surface area contributed by atoms with E-state index in [1.165, 1.54) is 27.5 Å². The van der Waals surface area contributed by atoms with Crippen LogP contribution < -0.4 is 30.2 Å². The van der Waals surface area contributed by atoms with Crippen LogP contribution in [0.15, 0.2) is 45.0 Å². The lowest BCUT2D eigenvalue weighted by molar-refractivity contribution is 0.374. The Bertz CT molecular complexity index is 1400. The van der Waals surface area contributed by atoms with Gasteiger partial charge in [0.15, 0.2) is 0 Å². The Morgan fingerprint density at radius 1 is 0.839 bits per heavy atom. The molecule has 2 aromatic carbocycles. The van der Waals surface area contributed by atoms with Gasteiger partial charge in [0.05, 0.1) is 45.7 Å². The summed E-state index contributed by atoms with van der Waals surface area (Å²) in [5, 5.41) is 4.76. The summed E-state index contributed by atoms with van der Waals surface area (Å²) >= 11 is 0. The standard InChI is InChI=1S/C21H20N4O6/c1-28-11-5-6-15-13(7-11)18-19(23-15)20(26)25(21(27)24-18)22-10-14-16(30-3)8-12(29-2)9-17(14)31-4/h5-10,23H,1-4H3,(H,24,27). The number of hydrogen-bond acceptors (Lipinski definition) is 7. The predicted molar refractivity (Wildman–Crippen MR) is 116 cm³/mol. The van der Waals surface area contributed by atoms with Crippen molar-refractivity contribution in [1.82, 2.24) is 14.6 Å². The van der Waals surface area contributed by atoms with Crippen molar-refractivity contribution in [1.29, 1.82) is 0 Å². The topological polar surface area (TPSA) is 120 Å². The van der Waals surface area contributed by atoms with Crippen LogP contribution >= 0.6 is 0 Å². The molecule has 0 atom stereocenters. The van der Waals surface area contributed by atoms with E-state index in [4.69, 9.17) is 18.9 Å². The minimum atomic E-state index is -0.691. The molecule has 0 amide bonds. The molecule has 0 aliphatic carbocycles. The van der Waals surface area contributed by atoms with E-state index in [1.807, 2.05) is 0 Å². The maximum absolute atomic E-state index is 13.0. The normalized spacial score (nSPS) is 11.4. The molecular formula is C21H20N4O6. The molecule has 4 rings (SSSR count). The number of aromatic amines is 2. The predicted octanol–water partition coefficient (Wildman–Crippen LogP) is 2.09. The fourth-order valence-corrected chi connectivity index (χ4v) is 3.33. The van der Waals surface area contributed by atoms with Crippen LogP contribution in [-0.2, 0) is 0 Å². The summed E-state index contributed by atoms with van der Waals surface area (Å²) in [6.45, 7) is 0. The average Bonchev–Trinajstić information content (AvgIpc) is 3.16. The van der Waals surface area contributed by atoms with Gasteiger partial charge in [-0.3, -0.25) is 4.79 Å². The monoisotopic (exact) mass is 424 g/mol. The van der Waals surface area contributed by atoms with Gasteiger partial charge in [-0.25, -0.2) is 4.79 Å². The van der Waals surface area contributed by atoms with Crippen molar-refractivity contribution < 1.29 is 18.9 Å². The average molecular weight is 424 g/mol. The number of ether oxygens (including phenoxy) is 4. The van der Waals surface area contributed by atoms with Crippen molar-refractivity contribution in [2.45, 2.75) is 0 Å². The van der Waals surface area contributed by atoms with E-state index < -0.39 is 11.2 Å². The fourth-order valence-electron chi connectivity index (χ4n) is 3.33. The molecule has 10 nitrogen and oxygen atoms in total. The van der Waals surface area contributed by atoms with Crippen molar-refractivity contribution in [3.63, 3.8) is 0 Å². The molecule has 0 radical (unpaired) electrons. The van der Waals surface area contributed by atoms with E-state index in [0.717, 1.165) is 4.68 Å². The van der Waals surface area contributed by atoms with Crippen LogP contribution in [0.3, 0.4) is 0 Å². The van der Waals surface area contributed by atoms with E-state index >= 15 is 0 Å². The molecule has 2 N–H and O–H groups in total. The molecule has 0 spiro atoms. The lowest BCUT2D eigenvalue weighted by Crippen LogP contribution is -2.32. The molecule has 0 aliphatic rings. The van der Waals surface area contributed by atoms with Crippen LogP contribution in [0.4, 0.5) is 0 Å². The van der Waals surface area contributed by atoms with Gasteiger partial charge in [-0.1, -0.05) is 0 Å². The zero-order valence-electron chi connectivity index (χ0n) is 17.3. The van der Waals surface area contributed by atoms with Gasteiger partial charge in [-0.2, -0.15) is 5.10 Å². The van der Waals surface area contributed by atoms with Gasteiger partial charge < -0.3 is 28.9 Å². The largest absolute Gasteiger partial charge is 0.497 e. The number of hydrogen-bond donors (Lipinski definition) is 2. The van der Waals surface area contributed by atoms with E-state index in [1.54, 1.807) is 37.4 Å². The Morgan fingerprint density at radius 3 is 2.13 bits per heavy atom. The second-order valence-electron chi connectivity index (χ2n) is 6.52. The van der Waals surface area contributed by atoms with E-state index in [-0.39, 0.29) is 5.52 Å². The highest BCUT2D eigenvalue weighted by molar-refractivity contribution is 6.04.